The van der Waals surface area contributed by atoms with Crippen LogP contribution >= 0.6 is 0 Å². The number of ketones is 2. The molecule has 4 rings (SSSR count). The maximum absolute atomic E-state index is 12.4. The van der Waals surface area contributed by atoms with Gasteiger partial charge in [0.15, 0.2) is 0 Å². The molecule has 0 aromatic carbocycles. The predicted octanol–water partition coefficient (Wildman–Crippen LogP) is 3.06. The Balaban J connectivity index is 1.73. The molecule has 3 fully saturated rings. The molecule has 0 radical (unpaired) electrons. The molecule has 0 unspecified atom stereocenters. The summed E-state index contributed by atoms with van der Waals surface area (Å²) in [5.74, 6) is 2.26. The van der Waals surface area contributed by atoms with E-state index >= 15 is 0 Å². The normalized spacial score (nSPS) is 47.5. The predicted molar refractivity (Wildman–Crippen MR) is 83.1 cm³/mol. The van der Waals surface area contributed by atoms with Gasteiger partial charge >= 0.3 is 0 Å². The molecule has 0 bridgehead atoms. The molecule has 3 heteroatoms. The van der Waals surface area contributed by atoms with Gasteiger partial charge in [-0.1, -0.05) is 18.6 Å². The van der Waals surface area contributed by atoms with Gasteiger partial charge in [0.2, 0.25) is 0 Å². The minimum atomic E-state index is -0.163. The van der Waals surface area contributed by atoms with Gasteiger partial charge in [0.05, 0.1) is 6.61 Å². The van der Waals surface area contributed by atoms with E-state index in [1.807, 2.05) is 0 Å². The number of carbonyl (C=O) groups excluding carboxylic acids is 2. The van der Waals surface area contributed by atoms with Crippen LogP contribution in [0.4, 0.5) is 0 Å². The quantitative estimate of drug-likeness (QED) is 0.757. The molecule has 4 aliphatic rings. The SMILES string of the molecule is C[C@]12CC[C@@H]3[C@@H](CC=C4CC(=O)CC[C@@]43CO)[C@@H]1CCC2=O. The van der Waals surface area contributed by atoms with Gasteiger partial charge in [0.1, 0.15) is 11.6 Å². The Bertz CT molecular complexity index is 563. The average molecular weight is 302 g/mol. The Labute approximate surface area is 132 Å². The zero-order valence-electron chi connectivity index (χ0n) is 13.4. The molecule has 22 heavy (non-hydrogen) atoms. The highest BCUT2D eigenvalue weighted by atomic mass is 16.3. The third-order valence-electron chi connectivity index (χ3n) is 7.65. The fourth-order valence-electron chi connectivity index (χ4n) is 6.35. The Kier molecular flexibility index (Phi) is 3.17. The first-order valence-corrected chi connectivity index (χ1v) is 8.87. The highest BCUT2D eigenvalue weighted by molar-refractivity contribution is 5.87. The fourth-order valence-corrected chi connectivity index (χ4v) is 6.35. The number of aliphatic hydroxyl groups excluding tert-OH is 1. The van der Waals surface area contributed by atoms with E-state index in [1.54, 1.807) is 0 Å². The number of hydrogen-bond donors (Lipinski definition) is 1. The van der Waals surface area contributed by atoms with E-state index < -0.39 is 0 Å². The molecule has 4 aliphatic carbocycles. The Hall–Kier alpha value is -0.960. The minimum Gasteiger partial charge on any atom is -0.395 e. The summed E-state index contributed by atoms with van der Waals surface area (Å²) < 4.78 is 0. The minimum absolute atomic E-state index is 0.117. The first kappa shape index (κ1) is 14.6. The highest BCUT2D eigenvalue weighted by Crippen LogP contribution is 2.63. The molecule has 0 amide bonds. The van der Waals surface area contributed by atoms with Crippen molar-refractivity contribution in [1.82, 2.24) is 0 Å². The molecule has 5 atom stereocenters. The molecule has 1 N–H and O–H groups in total. The maximum atomic E-state index is 12.4. The van der Waals surface area contributed by atoms with Crippen LogP contribution < -0.4 is 0 Å². The van der Waals surface area contributed by atoms with Gasteiger partial charge < -0.3 is 5.11 Å². The van der Waals surface area contributed by atoms with Crippen LogP contribution in [0.25, 0.3) is 0 Å². The first-order chi connectivity index (χ1) is 10.5. The van der Waals surface area contributed by atoms with Crippen molar-refractivity contribution in [1.29, 1.82) is 0 Å². The van der Waals surface area contributed by atoms with Crippen molar-refractivity contribution >= 4 is 11.6 Å². The number of fused-ring (bicyclic) bond motifs is 5. The standard InChI is InChI=1S/C19H26O3/c1-18-8-7-16-14(15(18)4-5-17(18)22)3-2-12-10-13(21)6-9-19(12,16)11-20/h2,14-16,20H,3-11H2,1H3/t14-,15-,16+,18-,19+/m0/s1. The van der Waals surface area contributed by atoms with Crippen molar-refractivity contribution in [2.75, 3.05) is 6.61 Å². The number of allylic oxidation sites excluding steroid dienone is 1. The Morgan fingerprint density at radius 3 is 2.77 bits per heavy atom. The lowest BCUT2D eigenvalue weighted by Crippen LogP contribution is -2.52. The summed E-state index contributed by atoms with van der Waals surface area (Å²) in [5, 5.41) is 10.2. The van der Waals surface area contributed by atoms with Crippen LogP contribution in [0.3, 0.4) is 0 Å². The number of hydrogen-bond acceptors (Lipinski definition) is 3. The molecule has 3 nitrogen and oxygen atoms in total. The second-order valence-electron chi connectivity index (χ2n) is 8.29. The fraction of sp³-hybridized carbons (Fsp3) is 0.789. The van der Waals surface area contributed by atoms with Crippen LogP contribution in [-0.4, -0.2) is 23.3 Å². The average Bonchev–Trinajstić information content (AvgIpc) is 2.82. The molecule has 0 aromatic heterocycles. The van der Waals surface area contributed by atoms with Gasteiger partial charge in [-0.2, -0.15) is 0 Å². The van der Waals surface area contributed by atoms with Gasteiger partial charge in [0.25, 0.3) is 0 Å². The highest BCUT2D eigenvalue weighted by Gasteiger charge is 2.59. The molecule has 0 heterocycles. The third kappa shape index (κ3) is 1.72. The number of aliphatic hydroxyl groups is 1. The zero-order chi connectivity index (χ0) is 15.5. The molecule has 0 spiro atoms. The Morgan fingerprint density at radius 1 is 1.18 bits per heavy atom. The van der Waals surface area contributed by atoms with E-state index in [4.69, 9.17) is 0 Å². The molecular weight excluding hydrogens is 276 g/mol. The van der Waals surface area contributed by atoms with Gasteiger partial charge in [0, 0.05) is 30.1 Å². The van der Waals surface area contributed by atoms with Crippen molar-refractivity contribution in [3.05, 3.63) is 11.6 Å². The van der Waals surface area contributed by atoms with Crippen LogP contribution in [0.15, 0.2) is 11.6 Å². The summed E-state index contributed by atoms with van der Waals surface area (Å²) in [5.41, 5.74) is 0.928. The van der Waals surface area contributed by atoms with Crippen molar-refractivity contribution in [2.45, 2.75) is 58.3 Å². The second kappa shape index (κ2) is 4.77. The second-order valence-corrected chi connectivity index (χ2v) is 8.29. The van der Waals surface area contributed by atoms with E-state index in [-0.39, 0.29) is 17.4 Å². The van der Waals surface area contributed by atoms with Gasteiger partial charge in [-0.3, -0.25) is 9.59 Å². The van der Waals surface area contributed by atoms with Gasteiger partial charge in [-0.25, -0.2) is 0 Å². The molecule has 120 valence electrons. The third-order valence-corrected chi connectivity index (χ3v) is 7.65. The molecule has 0 saturated heterocycles. The van der Waals surface area contributed by atoms with Crippen molar-refractivity contribution in [2.24, 2.45) is 28.6 Å². The van der Waals surface area contributed by atoms with E-state index in [0.717, 1.165) is 38.5 Å². The first-order valence-electron chi connectivity index (χ1n) is 8.87. The summed E-state index contributed by atoms with van der Waals surface area (Å²) in [6.07, 6.45) is 9.01. The van der Waals surface area contributed by atoms with Gasteiger partial charge in [-0.15, -0.1) is 0 Å². The molecule has 3 saturated carbocycles. The molecule has 0 aliphatic heterocycles. The van der Waals surface area contributed by atoms with Crippen LogP contribution in [0.1, 0.15) is 58.3 Å². The number of carbonyl (C=O) groups is 2. The maximum Gasteiger partial charge on any atom is 0.139 e. The van der Waals surface area contributed by atoms with E-state index in [9.17, 15) is 14.7 Å². The number of rotatable bonds is 1. The van der Waals surface area contributed by atoms with Crippen LogP contribution in [0, 0.1) is 28.6 Å². The van der Waals surface area contributed by atoms with Crippen molar-refractivity contribution in [3.63, 3.8) is 0 Å². The van der Waals surface area contributed by atoms with Crippen molar-refractivity contribution in [3.8, 4) is 0 Å². The topological polar surface area (TPSA) is 54.4 Å². The summed E-state index contributed by atoms with van der Waals surface area (Å²) in [4.78, 5) is 24.2. The van der Waals surface area contributed by atoms with Crippen LogP contribution in [0.2, 0.25) is 0 Å². The smallest absolute Gasteiger partial charge is 0.139 e. The Morgan fingerprint density at radius 2 is 2.00 bits per heavy atom. The number of Topliss-reactive ketones (excluding diaryl/α,β-unsaturated/α-hetero) is 2. The summed E-state index contributed by atoms with van der Waals surface area (Å²) in [6, 6.07) is 0. The van der Waals surface area contributed by atoms with E-state index in [0.29, 0.717) is 42.2 Å². The van der Waals surface area contributed by atoms with Gasteiger partial charge in [-0.05, 0) is 49.9 Å². The van der Waals surface area contributed by atoms with Crippen LogP contribution in [-0.2, 0) is 9.59 Å². The summed E-state index contributed by atoms with van der Waals surface area (Å²) in [7, 11) is 0. The summed E-state index contributed by atoms with van der Waals surface area (Å²) in [6.45, 7) is 2.35. The lowest BCUT2D eigenvalue weighted by atomic mass is 9.48. The lowest BCUT2D eigenvalue weighted by molar-refractivity contribution is -0.133. The zero-order valence-corrected chi connectivity index (χ0v) is 13.4. The molecule has 0 aromatic rings. The molecular formula is C19H26O3. The lowest BCUT2D eigenvalue weighted by Gasteiger charge is -2.56. The van der Waals surface area contributed by atoms with Crippen molar-refractivity contribution < 1.29 is 14.7 Å². The van der Waals surface area contributed by atoms with E-state index in [2.05, 4.69) is 13.0 Å². The van der Waals surface area contributed by atoms with Crippen LogP contribution in [0.5, 0.6) is 0 Å². The summed E-state index contributed by atoms with van der Waals surface area (Å²) >= 11 is 0. The largest absolute Gasteiger partial charge is 0.395 e. The monoisotopic (exact) mass is 302 g/mol. The van der Waals surface area contributed by atoms with E-state index in [1.165, 1.54) is 5.57 Å².